The van der Waals surface area contributed by atoms with Crippen LogP contribution in [0.2, 0.25) is 0 Å². The molecule has 76 heavy (non-hydrogen) atoms. The van der Waals surface area contributed by atoms with Crippen molar-refractivity contribution in [3.8, 4) is 5.88 Å². The van der Waals surface area contributed by atoms with Gasteiger partial charge < -0.3 is 4.74 Å². The molecule has 6 aromatic rings. The van der Waals surface area contributed by atoms with E-state index in [0.29, 0.717) is 41.4 Å². The first-order valence-electron chi connectivity index (χ1n) is 28.1. The molecular weight excluding hydrogens is 929 g/mol. The molecule has 0 spiro atoms. The first kappa shape index (κ1) is 68.7. The number of ether oxygens (including phenoxy) is 1. The normalized spacial score (nSPS) is 11.9. The van der Waals surface area contributed by atoms with Crippen LogP contribution in [-0.4, -0.2) is 37.0 Å². The van der Waals surface area contributed by atoms with E-state index in [1.807, 2.05) is 30.6 Å². The third kappa shape index (κ3) is 25.7. The average molecular weight is 1040 g/mol. The van der Waals surface area contributed by atoms with Gasteiger partial charge in [0.15, 0.2) is 0 Å². The number of hydrogen-bond acceptors (Lipinski definition) is 7. The van der Waals surface area contributed by atoms with Crippen molar-refractivity contribution in [1.82, 2.24) is 29.9 Å². The highest BCUT2D eigenvalue weighted by molar-refractivity contribution is 5.26. The van der Waals surface area contributed by atoms with Crippen LogP contribution in [0, 0.1) is 0 Å². The first-order valence-corrected chi connectivity index (χ1v) is 28.1. The summed E-state index contributed by atoms with van der Waals surface area (Å²) >= 11 is 0. The van der Waals surface area contributed by atoms with Gasteiger partial charge in [-0.1, -0.05) is 211 Å². The molecule has 6 rings (SSSR count). The standard InChI is InChI=1S/5C12H19N.C9H13NO/c2*1-9(2)10-6-7-13-11(8-10)12(3,4)5;3*1-9(2)10-7-6-8-11(13-10)12(3,4)5;1-7(2)8-5-4-6-9(10-8)11-3/h5*6-9H,1-5H3;4-7H,1-3H3. The Morgan fingerprint density at radius 1 is 0.303 bits per heavy atom. The smallest absolute Gasteiger partial charge is 0.213 e. The largest absolute Gasteiger partial charge is 0.481 e. The van der Waals surface area contributed by atoms with Gasteiger partial charge in [-0.25, -0.2) is 4.98 Å². The lowest BCUT2D eigenvalue weighted by molar-refractivity contribution is 0.395. The average Bonchev–Trinajstić information content (AvgIpc) is 3.34. The van der Waals surface area contributed by atoms with Gasteiger partial charge in [-0.3, -0.25) is 24.9 Å². The summed E-state index contributed by atoms with van der Waals surface area (Å²) < 4.78 is 4.99. The Morgan fingerprint density at radius 3 is 0.776 bits per heavy atom. The van der Waals surface area contributed by atoms with Crippen LogP contribution < -0.4 is 4.74 Å². The van der Waals surface area contributed by atoms with Crippen LogP contribution in [0.4, 0.5) is 0 Å². The van der Waals surface area contributed by atoms with E-state index in [1.54, 1.807) is 7.11 Å². The van der Waals surface area contributed by atoms with E-state index in [-0.39, 0.29) is 27.1 Å². The summed E-state index contributed by atoms with van der Waals surface area (Å²) in [7, 11) is 1.63. The van der Waals surface area contributed by atoms with Crippen LogP contribution >= 0.6 is 0 Å². The highest BCUT2D eigenvalue weighted by atomic mass is 16.5. The van der Waals surface area contributed by atoms with Gasteiger partial charge in [0.05, 0.1) is 7.11 Å². The Balaban J connectivity index is 0.000000456. The molecule has 7 heteroatoms. The summed E-state index contributed by atoms with van der Waals surface area (Å²) in [5.74, 6) is 3.88. The van der Waals surface area contributed by atoms with Crippen LogP contribution in [-0.2, 0) is 27.1 Å². The number of aromatic nitrogens is 6. The van der Waals surface area contributed by atoms with Gasteiger partial charge >= 0.3 is 0 Å². The van der Waals surface area contributed by atoms with Gasteiger partial charge in [0, 0.05) is 96.8 Å². The number of methoxy groups -OCH3 is 1. The highest BCUT2D eigenvalue weighted by Crippen LogP contribution is 2.27. The molecule has 0 saturated heterocycles. The zero-order chi connectivity index (χ0) is 58.6. The van der Waals surface area contributed by atoms with Crippen molar-refractivity contribution >= 4 is 0 Å². The number of hydrogen-bond donors (Lipinski definition) is 0. The summed E-state index contributed by atoms with van der Waals surface area (Å²) in [5.41, 5.74) is 14.1. The van der Waals surface area contributed by atoms with Crippen molar-refractivity contribution in [1.29, 1.82) is 0 Å². The second-order valence-electron chi connectivity index (χ2n) is 27.1. The molecule has 0 aliphatic carbocycles. The van der Waals surface area contributed by atoms with Crippen molar-refractivity contribution in [2.24, 2.45) is 0 Å². The Morgan fingerprint density at radius 2 is 0.553 bits per heavy atom. The monoisotopic (exact) mass is 1040 g/mol. The molecular formula is C69H108N6O. The minimum atomic E-state index is 0.158. The van der Waals surface area contributed by atoms with Crippen molar-refractivity contribution in [2.45, 2.75) is 250 Å². The van der Waals surface area contributed by atoms with Crippen molar-refractivity contribution in [3.05, 3.63) is 172 Å². The van der Waals surface area contributed by atoms with E-state index >= 15 is 0 Å². The Hall–Kier alpha value is -5.30. The minimum Gasteiger partial charge on any atom is -0.481 e. The maximum absolute atomic E-state index is 4.99. The molecule has 0 N–H and O–H groups in total. The third-order valence-corrected chi connectivity index (χ3v) is 12.4. The molecule has 0 aliphatic heterocycles. The summed E-state index contributed by atoms with van der Waals surface area (Å²) in [4.78, 5) is 27.0. The van der Waals surface area contributed by atoms with Crippen molar-refractivity contribution < 1.29 is 4.74 Å². The summed E-state index contributed by atoms with van der Waals surface area (Å²) in [6.45, 7) is 59.0. The van der Waals surface area contributed by atoms with E-state index in [4.69, 9.17) is 4.74 Å². The fourth-order valence-corrected chi connectivity index (χ4v) is 6.87. The minimum absolute atomic E-state index is 0.158. The Kier molecular flexibility index (Phi) is 27.7. The lowest BCUT2D eigenvalue weighted by Gasteiger charge is -2.19. The van der Waals surface area contributed by atoms with Crippen LogP contribution in [0.15, 0.2) is 109 Å². The van der Waals surface area contributed by atoms with E-state index < -0.39 is 0 Å². The molecule has 0 amide bonds. The molecule has 420 valence electrons. The van der Waals surface area contributed by atoms with Gasteiger partial charge in [0.2, 0.25) is 5.88 Å². The quantitative estimate of drug-likeness (QED) is 0.157. The van der Waals surface area contributed by atoms with Gasteiger partial charge in [-0.15, -0.1) is 0 Å². The first-order chi connectivity index (χ1) is 34.8. The van der Waals surface area contributed by atoms with E-state index in [9.17, 15) is 0 Å². The molecule has 0 aromatic carbocycles. The number of rotatable bonds is 7. The molecule has 7 nitrogen and oxygen atoms in total. The molecule has 0 radical (unpaired) electrons. The topological polar surface area (TPSA) is 86.6 Å². The molecule has 6 aromatic heterocycles. The van der Waals surface area contributed by atoms with Crippen LogP contribution in [0.3, 0.4) is 0 Å². The molecule has 0 aliphatic rings. The van der Waals surface area contributed by atoms with E-state index in [0.717, 1.165) is 5.69 Å². The van der Waals surface area contributed by atoms with Crippen LogP contribution in [0.5, 0.6) is 5.88 Å². The lowest BCUT2D eigenvalue weighted by Crippen LogP contribution is -2.14. The zero-order valence-electron chi connectivity index (χ0n) is 53.4. The fourth-order valence-electron chi connectivity index (χ4n) is 6.87. The van der Waals surface area contributed by atoms with Crippen LogP contribution in [0.25, 0.3) is 0 Å². The maximum Gasteiger partial charge on any atom is 0.213 e. The predicted octanol–water partition coefficient (Wildman–Crippen LogP) is 19.7. The lowest BCUT2D eigenvalue weighted by atomic mass is 9.89. The summed E-state index contributed by atoms with van der Waals surface area (Å²) in [6, 6.07) is 33.3. The van der Waals surface area contributed by atoms with Gasteiger partial charge in [-0.05, 0) is 113 Å². The fraction of sp³-hybridized carbons (Fsp3) is 0.565. The maximum atomic E-state index is 4.99. The second-order valence-corrected chi connectivity index (χ2v) is 27.1. The van der Waals surface area contributed by atoms with Gasteiger partial charge in [0.1, 0.15) is 0 Å². The van der Waals surface area contributed by atoms with E-state index in [2.05, 4.69) is 296 Å². The summed E-state index contributed by atoms with van der Waals surface area (Å²) in [6.07, 6.45) is 3.83. The molecule has 0 fully saturated rings. The third-order valence-electron chi connectivity index (χ3n) is 12.4. The van der Waals surface area contributed by atoms with Gasteiger partial charge in [-0.2, -0.15) is 0 Å². The van der Waals surface area contributed by atoms with Gasteiger partial charge in [0.25, 0.3) is 0 Å². The Labute approximate surface area is 466 Å². The predicted molar refractivity (Wildman–Crippen MR) is 330 cm³/mol. The highest BCUT2D eigenvalue weighted by Gasteiger charge is 2.20. The SMILES string of the molecule is CC(C)c1cccc(C(C)(C)C)n1.CC(C)c1cccc(C(C)(C)C)n1.CC(C)c1cccc(C(C)(C)C)n1.CC(C)c1ccnc(C(C)(C)C)c1.CC(C)c1ccnc(C(C)(C)C)c1.COc1cccc(C(C)C)n1. The number of nitrogens with zero attached hydrogens (tertiary/aromatic N) is 6. The second kappa shape index (κ2) is 30.6. The molecule has 0 bridgehead atoms. The Bertz CT molecular complexity index is 2210. The summed E-state index contributed by atoms with van der Waals surface area (Å²) in [5, 5.41) is 0. The molecule has 0 atom stereocenters. The zero-order valence-corrected chi connectivity index (χ0v) is 53.4. The number of pyridine rings is 6. The molecule has 0 unspecified atom stereocenters. The van der Waals surface area contributed by atoms with Crippen molar-refractivity contribution in [2.75, 3.05) is 7.11 Å². The molecule has 6 heterocycles. The molecule has 0 saturated carbocycles. The van der Waals surface area contributed by atoms with E-state index in [1.165, 1.54) is 56.7 Å². The van der Waals surface area contributed by atoms with Crippen LogP contribution in [0.1, 0.15) is 285 Å². The van der Waals surface area contributed by atoms with Crippen molar-refractivity contribution in [3.63, 3.8) is 0 Å².